The Labute approximate surface area is 145 Å². The number of hydrogen-bond donors (Lipinski definition) is 2. The Morgan fingerprint density at radius 3 is 2.79 bits per heavy atom. The van der Waals surface area contributed by atoms with Gasteiger partial charge in [-0.15, -0.1) is 11.8 Å². The van der Waals surface area contributed by atoms with Crippen molar-refractivity contribution >= 4 is 23.6 Å². The molecule has 1 heterocycles. The number of aromatic nitrogens is 2. The number of aromatic amines is 1. The highest BCUT2D eigenvalue weighted by Gasteiger charge is 2.22. The summed E-state index contributed by atoms with van der Waals surface area (Å²) in [6.45, 7) is 2.02. The van der Waals surface area contributed by atoms with Gasteiger partial charge in [0, 0.05) is 35.4 Å². The van der Waals surface area contributed by atoms with E-state index in [2.05, 4.69) is 15.3 Å². The molecule has 0 aliphatic heterocycles. The first kappa shape index (κ1) is 18.1. The predicted octanol–water partition coefficient (Wildman–Crippen LogP) is 2.18. The lowest BCUT2D eigenvalue weighted by Gasteiger charge is -2.16. The van der Waals surface area contributed by atoms with Gasteiger partial charge in [0.15, 0.2) is 0 Å². The molecule has 1 amide bonds. The lowest BCUT2D eigenvalue weighted by Crippen LogP contribution is -2.43. The molecule has 0 aliphatic rings. The molecule has 0 saturated heterocycles. The summed E-state index contributed by atoms with van der Waals surface area (Å²) in [5.74, 6) is 0.0438. The summed E-state index contributed by atoms with van der Waals surface area (Å²) >= 11 is 1.61. The molecule has 7 heteroatoms. The van der Waals surface area contributed by atoms with Crippen molar-refractivity contribution in [3.05, 3.63) is 48.5 Å². The molecule has 1 aromatic carbocycles. The zero-order chi connectivity index (χ0) is 17.2. The molecule has 0 aliphatic carbocycles. The van der Waals surface area contributed by atoms with E-state index in [0.29, 0.717) is 18.6 Å². The standard InChI is InChI=1S/C17H21N3O3S/c1-2-23-17(22)15(10-13-11-18-12-19-13)20-16(21)8-9-24-14-6-4-3-5-7-14/h3-7,11-12,15H,2,8-10H2,1H3,(H,18,19)(H,20,21)/t15-/m0/s1. The number of carbonyl (C=O) groups excluding carboxylic acids is 2. The van der Waals surface area contributed by atoms with Gasteiger partial charge in [-0.25, -0.2) is 9.78 Å². The van der Waals surface area contributed by atoms with E-state index < -0.39 is 12.0 Å². The lowest BCUT2D eigenvalue weighted by molar-refractivity contribution is -0.147. The van der Waals surface area contributed by atoms with Crippen LogP contribution in [0.4, 0.5) is 0 Å². The van der Waals surface area contributed by atoms with E-state index in [-0.39, 0.29) is 12.5 Å². The fourth-order valence-electron chi connectivity index (χ4n) is 2.10. The number of nitrogens with zero attached hydrogens (tertiary/aromatic N) is 1. The van der Waals surface area contributed by atoms with E-state index in [0.717, 1.165) is 10.6 Å². The summed E-state index contributed by atoms with van der Waals surface area (Å²) in [7, 11) is 0. The minimum atomic E-state index is -0.709. The number of hydrogen-bond acceptors (Lipinski definition) is 5. The maximum atomic E-state index is 12.1. The molecule has 0 saturated carbocycles. The largest absolute Gasteiger partial charge is 0.464 e. The van der Waals surface area contributed by atoms with Crippen molar-refractivity contribution in [3.63, 3.8) is 0 Å². The molecule has 2 N–H and O–H groups in total. The summed E-state index contributed by atoms with van der Waals surface area (Å²) in [5.41, 5.74) is 0.770. The first-order chi connectivity index (χ1) is 11.7. The van der Waals surface area contributed by atoms with Gasteiger partial charge in [0.05, 0.1) is 12.9 Å². The van der Waals surface area contributed by atoms with E-state index in [1.54, 1.807) is 24.9 Å². The Bertz CT molecular complexity index is 632. The molecule has 0 bridgehead atoms. The van der Waals surface area contributed by atoms with Crippen LogP contribution in [0.5, 0.6) is 0 Å². The smallest absolute Gasteiger partial charge is 0.329 e. The number of H-pyrrole nitrogens is 1. The van der Waals surface area contributed by atoms with Crippen molar-refractivity contribution in [3.8, 4) is 0 Å². The number of imidazole rings is 1. The van der Waals surface area contributed by atoms with Crippen LogP contribution < -0.4 is 5.32 Å². The SMILES string of the molecule is CCOC(=O)[C@H](Cc1cnc[nH]1)NC(=O)CCSc1ccccc1. The summed E-state index contributed by atoms with van der Waals surface area (Å²) in [6.07, 6.45) is 3.83. The lowest BCUT2D eigenvalue weighted by atomic mass is 10.1. The first-order valence-corrected chi connectivity index (χ1v) is 8.78. The summed E-state index contributed by atoms with van der Waals surface area (Å²) < 4.78 is 5.03. The molecule has 0 radical (unpaired) electrons. The summed E-state index contributed by atoms with van der Waals surface area (Å²) in [6, 6.07) is 9.17. The molecule has 0 unspecified atom stereocenters. The first-order valence-electron chi connectivity index (χ1n) is 7.80. The third-order valence-electron chi connectivity index (χ3n) is 3.23. The Kier molecular flexibility index (Phi) is 7.35. The molecule has 128 valence electrons. The van der Waals surface area contributed by atoms with Crippen LogP contribution in [0.25, 0.3) is 0 Å². The minimum Gasteiger partial charge on any atom is -0.464 e. The van der Waals surface area contributed by atoms with Gasteiger partial charge in [-0.05, 0) is 19.1 Å². The number of rotatable bonds is 9. The Morgan fingerprint density at radius 1 is 1.33 bits per heavy atom. The Balaban J connectivity index is 1.83. The second-order valence-corrected chi connectivity index (χ2v) is 6.23. The Hall–Kier alpha value is -2.28. The number of thioether (sulfide) groups is 1. The number of ether oxygens (including phenoxy) is 1. The topological polar surface area (TPSA) is 84.1 Å². The van der Waals surface area contributed by atoms with Crippen molar-refractivity contribution in [2.75, 3.05) is 12.4 Å². The van der Waals surface area contributed by atoms with Gasteiger partial charge >= 0.3 is 5.97 Å². The predicted molar refractivity (Wildman–Crippen MR) is 92.6 cm³/mol. The molecular formula is C17H21N3O3S. The van der Waals surface area contributed by atoms with Crippen LogP contribution in [0.1, 0.15) is 19.0 Å². The van der Waals surface area contributed by atoms with Crippen LogP contribution in [0.15, 0.2) is 47.8 Å². The van der Waals surface area contributed by atoms with E-state index >= 15 is 0 Å². The summed E-state index contributed by atoms with van der Waals surface area (Å²) in [4.78, 5) is 32.1. The van der Waals surface area contributed by atoms with Gasteiger partial charge in [0.25, 0.3) is 0 Å². The monoisotopic (exact) mass is 347 g/mol. The van der Waals surface area contributed by atoms with Gasteiger partial charge in [0.2, 0.25) is 5.91 Å². The molecule has 6 nitrogen and oxygen atoms in total. The van der Waals surface area contributed by atoms with Crippen LogP contribution >= 0.6 is 11.8 Å². The maximum Gasteiger partial charge on any atom is 0.329 e. The van der Waals surface area contributed by atoms with Gasteiger partial charge in [-0.3, -0.25) is 4.79 Å². The molecule has 0 fully saturated rings. The zero-order valence-electron chi connectivity index (χ0n) is 13.5. The van der Waals surface area contributed by atoms with Gasteiger partial charge in [-0.1, -0.05) is 18.2 Å². The molecular weight excluding hydrogens is 326 g/mol. The van der Waals surface area contributed by atoms with E-state index in [4.69, 9.17) is 4.74 Å². The van der Waals surface area contributed by atoms with Crippen LogP contribution in [-0.2, 0) is 20.7 Å². The molecule has 1 aromatic heterocycles. The number of esters is 1. The fraction of sp³-hybridized carbons (Fsp3) is 0.353. The number of amides is 1. The van der Waals surface area contributed by atoms with Crippen molar-refractivity contribution in [1.29, 1.82) is 0 Å². The van der Waals surface area contributed by atoms with Crippen LogP contribution in [0.3, 0.4) is 0 Å². The van der Waals surface area contributed by atoms with Crippen molar-refractivity contribution in [2.24, 2.45) is 0 Å². The highest BCUT2D eigenvalue weighted by atomic mass is 32.2. The molecule has 2 aromatic rings. The molecule has 24 heavy (non-hydrogen) atoms. The number of nitrogens with one attached hydrogen (secondary N) is 2. The van der Waals surface area contributed by atoms with E-state index in [1.165, 1.54) is 6.33 Å². The highest BCUT2D eigenvalue weighted by molar-refractivity contribution is 7.99. The van der Waals surface area contributed by atoms with Crippen LogP contribution in [-0.4, -0.2) is 40.2 Å². The fourth-order valence-corrected chi connectivity index (χ4v) is 2.97. The van der Waals surface area contributed by atoms with E-state index in [1.807, 2.05) is 30.3 Å². The van der Waals surface area contributed by atoms with Crippen molar-refractivity contribution in [2.45, 2.75) is 30.7 Å². The summed E-state index contributed by atoms with van der Waals surface area (Å²) in [5, 5.41) is 2.75. The number of benzene rings is 1. The van der Waals surface area contributed by atoms with Gasteiger partial charge in [-0.2, -0.15) is 0 Å². The second kappa shape index (κ2) is 9.77. The van der Waals surface area contributed by atoms with Gasteiger partial charge < -0.3 is 15.0 Å². The van der Waals surface area contributed by atoms with E-state index in [9.17, 15) is 9.59 Å². The average Bonchev–Trinajstić information content (AvgIpc) is 3.08. The normalized spacial score (nSPS) is 11.7. The molecule has 0 spiro atoms. The zero-order valence-corrected chi connectivity index (χ0v) is 14.3. The minimum absolute atomic E-state index is 0.170. The number of carbonyl (C=O) groups is 2. The third-order valence-corrected chi connectivity index (χ3v) is 4.24. The average molecular weight is 347 g/mol. The molecule has 2 rings (SSSR count). The third kappa shape index (κ3) is 6.08. The van der Waals surface area contributed by atoms with Crippen LogP contribution in [0.2, 0.25) is 0 Å². The van der Waals surface area contributed by atoms with Crippen LogP contribution in [0, 0.1) is 0 Å². The highest BCUT2D eigenvalue weighted by Crippen LogP contribution is 2.17. The quantitative estimate of drug-likeness (QED) is 0.536. The Morgan fingerprint density at radius 2 is 2.12 bits per heavy atom. The maximum absolute atomic E-state index is 12.1. The van der Waals surface area contributed by atoms with Crippen molar-refractivity contribution < 1.29 is 14.3 Å². The van der Waals surface area contributed by atoms with Gasteiger partial charge in [0.1, 0.15) is 6.04 Å². The van der Waals surface area contributed by atoms with Crippen molar-refractivity contribution in [1.82, 2.24) is 15.3 Å². The molecule has 1 atom stereocenters. The second-order valence-electron chi connectivity index (χ2n) is 5.06.